The Hall–Kier alpha value is -4.39. The molecule has 10 nitrogen and oxygen atoms in total. The van der Waals surface area contributed by atoms with Crippen LogP contribution in [0.4, 0.5) is 24.9 Å². The molecule has 4 aromatic rings. The first-order chi connectivity index (χ1) is 25.6. The summed E-state index contributed by atoms with van der Waals surface area (Å²) in [6.45, 7) is 11.0. The quantitative estimate of drug-likeness (QED) is 0.195. The Balaban J connectivity index is 1.18. The number of benzene rings is 2. The maximum atomic E-state index is 14.1. The molecule has 280 valence electrons. The fourth-order valence-electron chi connectivity index (χ4n) is 9.43. The molecule has 1 N–H and O–H groups in total. The van der Waals surface area contributed by atoms with Gasteiger partial charge in [0.15, 0.2) is 12.4 Å². The second kappa shape index (κ2) is 13.2. The lowest BCUT2D eigenvalue weighted by Crippen LogP contribution is -2.61. The van der Waals surface area contributed by atoms with Crippen molar-refractivity contribution in [2.75, 3.05) is 68.8 Å². The lowest BCUT2D eigenvalue weighted by Gasteiger charge is -2.54. The van der Waals surface area contributed by atoms with Gasteiger partial charge in [0.05, 0.1) is 11.7 Å². The number of nitrogens with zero attached hydrogens (tertiary/aromatic N) is 7. The third kappa shape index (κ3) is 6.38. The number of ether oxygens (including phenoxy) is 1. The summed E-state index contributed by atoms with van der Waals surface area (Å²) in [5.41, 5.74) is 4.70. The molecular formula is C40H47F3N8O2. The van der Waals surface area contributed by atoms with Gasteiger partial charge in [-0.15, -0.1) is 0 Å². The number of amides is 1. The smallest absolute Gasteiger partial charge is 0.422 e. The minimum atomic E-state index is -4.54. The molecule has 1 aliphatic carbocycles. The van der Waals surface area contributed by atoms with Crippen molar-refractivity contribution >= 4 is 39.5 Å². The summed E-state index contributed by atoms with van der Waals surface area (Å²) >= 11 is 0. The van der Waals surface area contributed by atoms with E-state index in [4.69, 9.17) is 14.7 Å². The Bertz CT molecular complexity index is 2050. The zero-order chi connectivity index (χ0) is 36.5. The highest BCUT2D eigenvalue weighted by atomic mass is 19.4. The number of fused-ring (bicyclic) bond motifs is 2. The predicted molar refractivity (Wildman–Crippen MR) is 200 cm³/mol. The Morgan fingerprint density at radius 2 is 1.72 bits per heavy atom. The average molecular weight is 729 g/mol. The lowest BCUT2D eigenvalue weighted by atomic mass is 9.72. The van der Waals surface area contributed by atoms with Crippen molar-refractivity contribution in [2.45, 2.75) is 76.4 Å². The molecule has 0 atom stereocenters. The van der Waals surface area contributed by atoms with Crippen molar-refractivity contribution in [1.82, 2.24) is 30.0 Å². The maximum Gasteiger partial charge on any atom is 0.422 e. The monoisotopic (exact) mass is 728 g/mol. The summed E-state index contributed by atoms with van der Waals surface area (Å²) in [5.74, 6) is 1.62. The predicted octanol–water partition coefficient (Wildman–Crippen LogP) is 6.98. The first kappa shape index (κ1) is 34.4. The van der Waals surface area contributed by atoms with E-state index in [9.17, 15) is 18.0 Å². The van der Waals surface area contributed by atoms with Crippen molar-refractivity contribution in [2.24, 2.45) is 5.41 Å². The van der Waals surface area contributed by atoms with Crippen LogP contribution in [0.1, 0.15) is 68.4 Å². The van der Waals surface area contributed by atoms with Gasteiger partial charge in [-0.3, -0.25) is 9.89 Å². The molecule has 6 heterocycles. The molecule has 0 unspecified atom stereocenters. The number of halogens is 3. The minimum absolute atomic E-state index is 0.0332. The molecule has 5 fully saturated rings. The van der Waals surface area contributed by atoms with Gasteiger partial charge in [-0.2, -0.15) is 23.3 Å². The number of alkyl halides is 3. The normalized spacial score (nSPS) is 21.2. The van der Waals surface area contributed by atoms with Crippen LogP contribution in [0.25, 0.3) is 32.9 Å². The third-order valence-corrected chi connectivity index (χ3v) is 12.5. The number of hydrogen-bond acceptors (Lipinski definition) is 8. The molecule has 0 radical (unpaired) electrons. The number of carbonyl (C=O) groups is 1. The largest absolute Gasteiger partial charge is 0.481 e. The van der Waals surface area contributed by atoms with Crippen LogP contribution in [0, 0.1) is 12.3 Å². The summed E-state index contributed by atoms with van der Waals surface area (Å²) in [6, 6.07) is 6.62. The second-order valence-electron chi connectivity index (χ2n) is 16.0. The molecule has 53 heavy (non-hydrogen) atoms. The number of anilines is 2. The highest BCUT2D eigenvalue weighted by molar-refractivity contribution is 6.06. The van der Waals surface area contributed by atoms with Crippen LogP contribution in [0.15, 0.2) is 37.1 Å². The van der Waals surface area contributed by atoms with Gasteiger partial charge in [0.1, 0.15) is 11.3 Å². The lowest BCUT2D eigenvalue weighted by molar-refractivity contribution is -0.153. The summed E-state index contributed by atoms with van der Waals surface area (Å²) in [4.78, 5) is 31.7. The van der Waals surface area contributed by atoms with E-state index in [1.54, 1.807) is 6.20 Å². The fraction of sp³-hybridized carbons (Fsp3) is 0.550. The van der Waals surface area contributed by atoms with Crippen LogP contribution in [0.3, 0.4) is 0 Å². The topological polar surface area (TPSA) is 93.7 Å². The van der Waals surface area contributed by atoms with E-state index in [1.165, 1.54) is 18.9 Å². The Morgan fingerprint density at radius 3 is 2.40 bits per heavy atom. The number of rotatable bonds is 8. The van der Waals surface area contributed by atoms with Crippen LogP contribution in [0.2, 0.25) is 0 Å². The van der Waals surface area contributed by atoms with E-state index in [0.29, 0.717) is 23.1 Å². The molecule has 1 spiro atoms. The average Bonchev–Trinajstić information content (AvgIpc) is 3.62. The maximum absolute atomic E-state index is 14.1. The molecule has 2 aromatic carbocycles. The summed E-state index contributed by atoms with van der Waals surface area (Å²) in [6.07, 6.45) is 6.74. The van der Waals surface area contributed by atoms with Crippen molar-refractivity contribution in [3.8, 4) is 16.9 Å². The zero-order valence-corrected chi connectivity index (χ0v) is 30.4. The van der Waals surface area contributed by atoms with Crippen LogP contribution >= 0.6 is 0 Å². The second-order valence-corrected chi connectivity index (χ2v) is 16.0. The number of H-pyrrole nitrogens is 1. The molecular weight excluding hydrogens is 681 g/mol. The molecule has 9 rings (SSSR count). The summed E-state index contributed by atoms with van der Waals surface area (Å²) in [7, 11) is 0. The molecule has 4 aliphatic heterocycles. The SMILES string of the molecule is C=CC(=O)N1CC2(CCN(c3nc(N4CCC(N5CCCC5)CC4)nc4c(OCC(F)(F)F)c(-c5c(C)ccc6[nH]ncc56)c(C5CC5)cc34)CC2)C1. The highest BCUT2D eigenvalue weighted by Gasteiger charge is 2.47. The third-order valence-electron chi connectivity index (χ3n) is 12.5. The Kier molecular flexibility index (Phi) is 8.55. The molecule has 5 aliphatic rings. The van der Waals surface area contributed by atoms with E-state index in [1.807, 2.05) is 24.0 Å². The van der Waals surface area contributed by atoms with Crippen LogP contribution in [-0.4, -0.2) is 107 Å². The number of carbonyl (C=O) groups excluding carboxylic acids is 1. The molecule has 13 heteroatoms. The minimum Gasteiger partial charge on any atom is -0.481 e. The van der Waals surface area contributed by atoms with E-state index < -0.39 is 12.8 Å². The number of piperidine rings is 2. The van der Waals surface area contributed by atoms with E-state index >= 15 is 0 Å². The van der Waals surface area contributed by atoms with Gasteiger partial charge in [0, 0.05) is 67.1 Å². The van der Waals surface area contributed by atoms with Gasteiger partial charge in [-0.1, -0.05) is 12.6 Å². The number of aromatic amines is 1. The zero-order valence-electron chi connectivity index (χ0n) is 30.4. The van der Waals surface area contributed by atoms with Gasteiger partial charge in [-0.05, 0) is 112 Å². The van der Waals surface area contributed by atoms with Crippen molar-refractivity contribution < 1.29 is 22.7 Å². The van der Waals surface area contributed by atoms with Crippen LogP contribution in [-0.2, 0) is 4.79 Å². The van der Waals surface area contributed by atoms with E-state index in [0.717, 1.165) is 130 Å². The molecule has 1 saturated carbocycles. The van der Waals surface area contributed by atoms with Crippen LogP contribution in [0.5, 0.6) is 5.75 Å². The molecule has 4 saturated heterocycles. The molecule has 1 amide bonds. The highest BCUT2D eigenvalue weighted by Crippen LogP contribution is 2.53. The fourth-order valence-corrected chi connectivity index (χ4v) is 9.43. The molecule has 0 bridgehead atoms. The number of hydrogen-bond donors (Lipinski definition) is 1. The van der Waals surface area contributed by atoms with Gasteiger partial charge in [-0.25, -0.2) is 4.98 Å². The van der Waals surface area contributed by atoms with E-state index in [-0.39, 0.29) is 23.0 Å². The van der Waals surface area contributed by atoms with Gasteiger partial charge in [0.2, 0.25) is 11.9 Å². The van der Waals surface area contributed by atoms with Crippen molar-refractivity contribution in [1.29, 1.82) is 0 Å². The van der Waals surface area contributed by atoms with Gasteiger partial charge >= 0.3 is 6.18 Å². The molecule has 2 aromatic heterocycles. The number of aryl methyl sites for hydroxylation is 1. The van der Waals surface area contributed by atoms with Crippen molar-refractivity contribution in [3.05, 3.63) is 48.2 Å². The number of likely N-dealkylation sites (tertiary alicyclic amines) is 2. The van der Waals surface area contributed by atoms with Gasteiger partial charge < -0.3 is 24.3 Å². The standard InChI is InChI=1S/C40H47F3N8O2/c1-3-32(52)51-22-39(23-51)12-18-49(19-13-39)37-29-20-28(26-7-8-26)34(33-25(2)6-9-31-30(33)21-44-47-31)36(53-24-40(41,42)43)35(29)45-38(46-37)50-16-10-27(11-17-50)48-14-4-5-15-48/h3,6,9,20-21,26-27H,1,4-5,7-8,10-19,22-24H2,2H3,(H,44,47). The number of aromatic nitrogens is 4. The number of nitrogens with one attached hydrogen (secondary N) is 1. The Morgan fingerprint density at radius 1 is 0.981 bits per heavy atom. The Labute approximate surface area is 307 Å². The van der Waals surface area contributed by atoms with Crippen LogP contribution < -0.4 is 14.5 Å². The first-order valence-corrected chi connectivity index (χ1v) is 19.3. The van der Waals surface area contributed by atoms with Crippen molar-refractivity contribution in [3.63, 3.8) is 0 Å². The summed E-state index contributed by atoms with van der Waals surface area (Å²) < 4.78 is 48.4. The first-order valence-electron chi connectivity index (χ1n) is 19.3. The summed E-state index contributed by atoms with van der Waals surface area (Å²) in [5, 5.41) is 8.93. The van der Waals surface area contributed by atoms with Gasteiger partial charge in [0.25, 0.3) is 0 Å². The van der Waals surface area contributed by atoms with E-state index in [2.05, 4.69) is 37.5 Å².